The van der Waals surface area contributed by atoms with Crippen molar-refractivity contribution in [2.24, 2.45) is 0 Å². The highest BCUT2D eigenvalue weighted by atomic mass is 32.1. The number of hydrogen-bond donors (Lipinski definition) is 1. The number of amides is 1. The lowest BCUT2D eigenvalue weighted by Gasteiger charge is -2.37. The van der Waals surface area contributed by atoms with Crippen LogP contribution in [0.2, 0.25) is 0 Å². The van der Waals surface area contributed by atoms with Gasteiger partial charge in [0.1, 0.15) is 5.82 Å². The fourth-order valence-electron chi connectivity index (χ4n) is 3.87. The molecule has 1 aliphatic rings. The molecule has 2 atom stereocenters. The van der Waals surface area contributed by atoms with Gasteiger partial charge in [-0.15, -0.1) is 11.3 Å². The van der Waals surface area contributed by atoms with E-state index in [1.807, 2.05) is 42.3 Å². The highest BCUT2D eigenvalue weighted by molar-refractivity contribution is 7.09. The Bertz CT molecular complexity index is 1030. The standard InChI is InChI=1S/C24H26FN3O2S/c1-16-13-28(14-17(2)30-16)22-9-8-19(11-21(22)25)26-23(29)12-20-15-31-24(27-20)10-18-6-4-3-5-7-18/h3-9,11,15-17H,10,12-14H2,1-2H3,(H,26,29). The van der Waals surface area contributed by atoms with E-state index in [1.165, 1.54) is 11.6 Å². The van der Waals surface area contributed by atoms with E-state index in [9.17, 15) is 9.18 Å². The minimum absolute atomic E-state index is 0.0485. The zero-order valence-corrected chi connectivity index (χ0v) is 18.5. The van der Waals surface area contributed by atoms with Crippen molar-refractivity contribution in [2.75, 3.05) is 23.3 Å². The smallest absolute Gasteiger partial charge is 0.230 e. The fraction of sp³-hybridized carbons (Fsp3) is 0.333. The monoisotopic (exact) mass is 439 g/mol. The number of nitrogens with one attached hydrogen (secondary N) is 1. The van der Waals surface area contributed by atoms with Gasteiger partial charge in [0.15, 0.2) is 0 Å². The molecule has 3 aromatic rings. The molecule has 2 heterocycles. The third-order valence-electron chi connectivity index (χ3n) is 5.13. The van der Waals surface area contributed by atoms with E-state index in [-0.39, 0.29) is 30.4 Å². The third-order valence-corrected chi connectivity index (χ3v) is 6.03. The molecule has 1 aromatic heterocycles. The molecule has 0 spiro atoms. The number of nitrogens with zero attached hydrogens (tertiary/aromatic N) is 2. The Balaban J connectivity index is 1.35. The van der Waals surface area contributed by atoms with Gasteiger partial charge in [0, 0.05) is 30.6 Å². The molecule has 2 unspecified atom stereocenters. The number of morpholine rings is 1. The molecule has 0 aliphatic carbocycles. The summed E-state index contributed by atoms with van der Waals surface area (Å²) >= 11 is 1.55. The van der Waals surface area contributed by atoms with Crippen LogP contribution in [0.3, 0.4) is 0 Å². The Morgan fingerprint density at radius 2 is 1.94 bits per heavy atom. The van der Waals surface area contributed by atoms with Crippen LogP contribution < -0.4 is 10.2 Å². The molecule has 2 aromatic carbocycles. The van der Waals surface area contributed by atoms with Gasteiger partial charge in [-0.25, -0.2) is 9.37 Å². The summed E-state index contributed by atoms with van der Waals surface area (Å²) in [5, 5.41) is 5.66. The van der Waals surface area contributed by atoms with Gasteiger partial charge >= 0.3 is 0 Å². The first-order valence-electron chi connectivity index (χ1n) is 10.4. The number of aromatic nitrogens is 1. The number of anilines is 2. The van der Waals surface area contributed by atoms with Crippen LogP contribution in [-0.2, 0) is 22.4 Å². The minimum atomic E-state index is -0.349. The maximum absolute atomic E-state index is 14.7. The second-order valence-electron chi connectivity index (χ2n) is 7.95. The summed E-state index contributed by atoms with van der Waals surface area (Å²) in [7, 11) is 0. The van der Waals surface area contributed by atoms with Crippen LogP contribution in [0.1, 0.15) is 30.1 Å². The lowest BCUT2D eigenvalue weighted by atomic mass is 10.1. The Hall–Kier alpha value is -2.77. The summed E-state index contributed by atoms with van der Waals surface area (Å²) in [5.41, 5.74) is 2.89. The van der Waals surface area contributed by atoms with Crippen molar-refractivity contribution in [2.45, 2.75) is 38.9 Å². The van der Waals surface area contributed by atoms with E-state index in [0.29, 0.717) is 24.5 Å². The molecular weight excluding hydrogens is 413 g/mol. The van der Waals surface area contributed by atoms with Gasteiger partial charge in [-0.05, 0) is 37.6 Å². The SMILES string of the molecule is CC1CN(c2ccc(NC(=O)Cc3csc(Cc4ccccc4)n3)cc2F)CC(C)O1. The minimum Gasteiger partial charge on any atom is -0.372 e. The molecule has 1 N–H and O–H groups in total. The maximum Gasteiger partial charge on any atom is 0.230 e. The van der Waals surface area contributed by atoms with Crippen LogP contribution in [0.5, 0.6) is 0 Å². The van der Waals surface area contributed by atoms with E-state index >= 15 is 0 Å². The topological polar surface area (TPSA) is 54.5 Å². The normalized spacial score (nSPS) is 18.7. The van der Waals surface area contributed by atoms with Crippen molar-refractivity contribution in [3.05, 3.63) is 76.0 Å². The third kappa shape index (κ3) is 5.68. The summed E-state index contributed by atoms with van der Waals surface area (Å²) in [6.07, 6.45) is 1.01. The number of rotatable bonds is 6. The number of halogens is 1. The van der Waals surface area contributed by atoms with Crippen LogP contribution >= 0.6 is 11.3 Å². The predicted molar refractivity (Wildman–Crippen MR) is 122 cm³/mol. The van der Waals surface area contributed by atoms with E-state index in [1.54, 1.807) is 23.5 Å². The molecule has 162 valence electrons. The first-order valence-corrected chi connectivity index (χ1v) is 11.3. The van der Waals surface area contributed by atoms with E-state index in [4.69, 9.17) is 4.74 Å². The zero-order valence-electron chi connectivity index (χ0n) is 17.7. The molecule has 0 radical (unpaired) electrons. The number of thiazole rings is 1. The Morgan fingerprint density at radius 1 is 1.19 bits per heavy atom. The molecule has 1 fully saturated rings. The zero-order chi connectivity index (χ0) is 21.8. The molecule has 5 nitrogen and oxygen atoms in total. The molecule has 0 saturated carbocycles. The second kappa shape index (κ2) is 9.58. The fourth-order valence-corrected chi connectivity index (χ4v) is 4.70. The molecule has 1 saturated heterocycles. The average molecular weight is 440 g/mol. The molecule has 7 heteroatoms. The van der Waals surface area contributed by atoms with Crippen LogP contribution in [0.25, 0.3) is 0 Å². The summed E-state index contributed by atoms with van der Waals surface area (Å²) in [6.45, 7) is 5.25. The first kappa shape index (κ1) is 21.5. The number of ether oxygens (including phenoxy) is 1. The summed E-state index contributed by atoms with van der Waals surface area (Å²) in [6, 6.07) is 14.9. The molecule has 31 heavy (non-hydrogen) atoms. The lowest BCUT2D eigenvalue weighted by molar-refractivity contribution is -0.115. The van der Waals surface area contributed by atoms with Crippen LogP contribution in [-0.4, -0.2) is 36.2 Å². The van der Waals surface area contributed by atoms with Gasteiger partial charge in [0.25, 0.3) is 0 Å². The largest absolute Gasteiger partial charge is 0.372 e. The summed E-state index contributed by atoms with van der Waals surface area (Å²) < 4.78 is 20.5. The van der Waals surface area contributed by atoms with Gasteiger partial charge in [-0.2, -0.15) is 0 Å². The Morgan fingerprint density at radius 3 is 2.65 bits per heavy atom. The number of hydrogen-bond acceptors (Lipinski definition) is 5. The van der Waals surface area contributed by atoms with Gasteiger partial charge in [0.05, 0.1) is 35.0 Å². The Labute approximate surface area is 185 Å². The molecule has 4 rings (SSSR count). The number of carbonyl (C=O) groups is 1. The van der Waals surface area contributed by atoms with Gasteiger partial charge in [-0.3, -0.25) is 4.79 Å². The summed E-state index contributed by atoms with van der Waals surface area (Å²) in [4.78, 5) is 19.0. The molecule has 1 amide bonds. The highest BCUT2D eigenvalue weighted by Gasteiger charge is 2.24. The Kier molecular flexibility index (Phi) is 6.63. The van der Waals surface area contributed by atoms with Gasteiger partial charge in [-0.1, -0.05) is 30.3 Å². The van der Waals surface area contributed by atoms with Crippen molar-refractivity contribution in [1.82, 2.24) is 4.98 Å². The van der Waals surface area contributed by atoms with Crippen LogP contribution in [0.15, 0.2) is 53.9 Å². The average Bonchev–Trinajstić information content (AvgIpc) is 3.14. The molecule has 0 bridgehead atoms. The lowest BCUT2D eigenvalue weighted by Crippen LogP contribution is -2.45. The van der Waals surface area contributed by atoms with Crippen LogP contribution in [0.4, 0.5) is 15.8 Å². The van der Waals surface area contributed by atoms with Crippen molar-refractivity contribution in [1.29, 1.82) is 0 Å². The maximum atomic E-state index is 14.7. The van der Waals surface area contributed by atoms with Crippen molar-refractivity contribution in [3.8, 4) is 0 Å². The summed E-state index contributed by atoms with van der Waals surface area (Å²) in [5.74, 6) is -0.560. The van der Waals surface area contributed by atoms with Gasteiger partial charge < -0.3 is 15.0 Å². The molecular formula is C24H26FN3O2S. The predicted octanol–water partition coefficient (Wildman–Crippen LogP) is 4.67. The van der Waals surface area contributed by atoms with Crippen molar-refractivity contribution < 1.29 is 13.9 Å². The van der Waals surface area contributed by atoms with Gasteiger partial charge in [0.2, 0.25) is 5.91 Å². The van der Waals surface area contributed by atoms with Crippen molar-refractivity contribution in [3.63, 3.8) is 0 Å². The number of carbonyl (C=O) groups excluding carboxylic acids is 1. The van der Waals surface area contributed by atoms with E-state index < -0.39 is 0 Å². The van der Waals surface area contributed by atoms with E-state index in [0.717, 1.165) is 17.1 Å². The van der Waals surface area contributed by atoms with E-state index in [2.05, 4.69) is 22.4 Å². The molecule has 1 aliphatic heterocycles. The van der Waals surface area contributed by atoms with Crippen molar-refractivity contribution >= 4 is 28.6 Å². The first-order chi connectivity index (χ1) is 15.0. The van der Waals surface area contributed by atoms with Crippen LogP contribution in [0, 0.1) is 5.82 Å². The quantitative estimate of drug-likeness (QED) is 0.607. The second-order valence-corrected chi connectivity index (χ2v) is 8.89. The highest BCUT2D eigenvalue weighted by Crippen LogP contribution is 2.26. The number of benzene rings is 2.